The summed E-state index contributed by atoms with van der Waals surface area (Å²) in [5.74, 6) is 0. The van der Waals surface area contributed by atoms with E-state index in [9.17, 15) is 0 Å². The Morgan fingerprint density at radius 1 is 1.17 bits per heavy atom. The Bertz CT molecular complexity index is 331. The molecule has 1 aliphatic heterocycles. The third kappa shape index (κ3) is 4.41. The topological polar surface area (TPSA) is 30.5 Å². The standard InChI is InChI=1S/C15H23NO2/c1-16-9-6-13-2-4-14(5-3-13)12-18-15-7-10-17-11-8-15/h2-5,15-16H,6-12H2,1H3. The third-order valence-corrected chi connectivity index (χ3v) is 3.34. The summed E-state index contributed by atoms with van der Waals surface area (Å²) < 4.78 is 11.2. The van der Waals surface area contributed by atoms with Gasteiger partial charge in [-0.05, 0) is 44.0 Å². The molecule has 0 aliphatic carbocycles. The highest BCUT2D eigenvalue weighted by molar-refractivity contribution is 5.22. The van der Waals surface area contributed by atoms with Crippen LogP contribution in [0, 0.1) is 0 Å². The molecule has 0 amide bonds. The van der Waals surface area contributed by atoms with Crippen molar-refractivity contribution in [1.82, 2.24) is 5.32 Å². The summed E-state index contributed by atoms with van der Waals surface area (Å²) in [6.07, 6.45) is 3.51. The lowest BCUT2D eigenvalue weighted by Gasteiger charge is -2.22. The molecule has 2 rings (SSSR count). The molecule has 0 saturated carbocycles. The second-order valence-corrected chi connectivity index (χ2v) is 4.79. The van der Waals surface area contributed by atoms with E-state index in [-0.39, 0.29) is 0 Å². The van der Waals surface area contributed by atoms with Gasteiger partial charge in [0.1, 0.15) is 0 Å². The van der Waals surface area contributed by atoms with E-state index in [2.05, 4.69) is 29.6 Å². The molecule has 1 N–H and O–H groups in total. The van der Waals surface area contributed by atoms with Crippen molar-refractivity contribution in [1.29, 1.82) is 0 Å². The summed E-state index contributed by atoms with van der Waals surface area (Å²) in [7, 11) is 1.98. The molecule has 18 heavy (non-hydrogen) atoms. The maximum Gasteiger partial charge on any atom is 0.0720 e. The number of hydrogen-bond donors (Lipinski definition) is 1. The van der Waals surface area contributed by atoms with E-state index in [4.69, 9.17) is 9.47 Å². The number of likely N-dealkylation sites (N-methyl/N-ethyl adjacent to an activating group) is 1. The van der Waals surface area contributed by atoms with Gasteiger partial charge >= 0.3 is 0 Å². The average molecular weight is 249 g/mol. The molecule has 3 nitrogen and oxygen atoms in total. The maximum absolute atomic E-state index is 5.90. The molecule has 1 fully saturated rings. The molecule has 0 atom stereocenters. The van der Waals surface area contributed by atoms with Crippen LogP contribution in [-0.2, 0) is 22.5 Å². The van der Waals surface area contributed by atoms with E-state index < -0.39 is 0 Å². The minimum atomic E-state index is 0.378. The zero-order valence-corrected chi connectivity index (χ0v) is 11.2. The van der Waals surface area contributed by atoms with Crippen LogP contribution in [0.2, 0.25) is 0 Å². The minimum absolute atomic E-state index is 0.378. The van der Waals surface area contributed by atoms with Gasteiger partial charge in [-0.25, -0.2) is 0 Å². The molecule has 3 heteroatoms. The van der Waals surface area contributed by atoms with Crippen molar-refractivity contribution < 1.29 is 9.47 Å². The highest BCUT2D eigenvalue weighted by atomic mass is 16.5. The summed E-state index contributed by atoms with van der Waals surface area (Å²) >= 11 is 0. The van der Waals surface area contributed by atoms with E-state index in [0.717, 1.165) is 45.6 Å². The Morgan fingerprint density at radius 3 is 2.50 bits per heavy atom. The zero-order valence-electron chi connectivity index (χ0n) is 11.2. The van der Waals surface area contributed by atoms with Crippen molar-refractivity contribution in [3.05, 3.63) is 35.4 Å². The van der Waals surface area contributed by atoms with Crippen LogP contribution in [0.5, 0.6) is 0 Å². The first kappa shape index (κ1) is 13.5. The molecule has 0 bridgehead atoms. The Kier molecular flexibility index (Phi) is 5.65. The molecule has 100 valence electrons. The van der Waals surface area contributed by atoms with Gasteiger partial charge in [-0.2, -0.15) is 0 Å². The van der Waals surface area contributed by atoms with Gasteiger partial charge in [0.15, 0.2) is 0 Å². The molecular weight excluding hydrogens is 226 g/mol. The lowest BCUT2D eigenvalue weighted by Crippen LogP contribution is -2.23. The van der Waals surface area contributed by atoms with Gasteiger partial charge in [-0.15, -0.1) is 0 Å². The molecule has 1 heterocycles. The fourth-order valence-corrected chi connectivity index (χ4v) is 2.13. The van der Waals surface area contributed by atoms with Gasteiger partial charge in [0.05, 0.1) is 12.7 Å². The van der Waals surface area contributed by atoms with E-state index in [1.165, 1.54) is 11.1 Å². The Labute approximate surface area is 109 Å². The highest BCUT2D eigenvalue weighted by Crippen LogP contribution is 2.14. The Hall–Kier alpha value is -0.900. The quantitative estimate of drug-likeness (QED) is 0.838. The number of nitrogens with one attached hydrogen (secondary N) is 1. The van der Waals surface area contributed by atoms with Gasteiger partial charge in [0.25, 0.3) is 0 Å². The fourth-order valence-electron chi connectivity index (χ4n) is 2.13. The first-order chi connectivity index (χ1) is 8.88. The van der Waals surface area contributed by atoms with Gasteiger partial charge in [-0.3, -0.25) is 0 Å². The van der Waals surface area contributed by atoms with Crippen LogP contribution >= 0.6 is 0 Å². The predicted molar refractivity (Wildman–Crippen MR) is 72.7 cm³/mol. The SMILES string of the molecule is CNCCc1ccc(COC2CCOCC2)cc1. The van der Waals surface area contributed by atoms with Gasteiger partial charge in [-0.1, -0.05) is 24.3 Å². The fraction of sp³-hybridized carbons (Fsp3) is 0.600. The van der Waals surface area contributed by atoms with Crippen molar-refractivity contribution in [2.75, 3.05) is 26.8 Å². The summed E-state index contributed by atoms with van der Waals surface area (Å²) in [4.78, 5) is 0. The van der Waals surface area contributed by atoms with E-state index in [0.29, 0.717) is 6.10 Å². The van der Waals surface area contributed by atoms with Gasteiger partial charge in [0.2, 0.25) is 0 Å². The molecule has 0 spiro atoms. The van der Waals surface area contributed by atoms with E-state index in [1.54, 1.807) is 0 Å². The smallest absolute Gasteiger partial charge is 0.0720 e. The lowest BCUT2D eigenvalue weighted by atomic mass is 10.1. The number of hydrogen-bond acceptors (Lipinski definition) is 3. The summed E-state index contributed by atoms with van der Waals surface area (Å²) in [6, 6.07) is 8.73. The molecule has 1 aromatic rings. The summed E-state index contributed by atoms with van der Waals surface area (Å²) in [5.41, 5.74) is 2.63. The molecule has 1 aliphatic rings. The summed E-state index contributed by atoms with van der Waals surface area (Å²) in [5, 5.41) is 3.16. The van der Waals surface area contributed by atoms with Gasteiger partial charge < -0.3 is 14.8 Å². The minimum Gasteiger partial charge on any atom is -0.381 e. The lowest BCUT2D eigenvalue weighted by molar-refractivity contribution is -0.0390. The van der Waals surface area contributed by atoms with Crippen LogP contribution in [0.1, 0.15) is 24.0 Å². The number of benzene rings is 1. The first-order valence-corrected chi connectivity index (χ1v) is 6.80. The monoisotopic (exact) mass is 249 g/mol. The van der Waals surface area contributed by atoms with E-state index in [1.807, 2.05) is 7.05 Å². The van der Waals surface area contributed by atoms with Gasteiger partial charge in [0, 0.05) is 13.2 Å². The van der Waals surface area contributed by atoms with Crippen LogP contribution in [0.4, 0.5) is 0 Å². The molecular formula is C15H23NO2. The molecule has 0 aromatic heterocycles. The first-order valence-electron chi connectivity index (χ1n) is 6.80. The molecule has 1 aromatic carbocycles. The Morgan fingerprint density at radius 2 is 1.83 bits per heavy atom. The van der Waals surface area contributed by atoms with Crippen LogP contribution in [0.25, 0.3) is 0 Å². The third-order valence-electron chi connectivity index (χ3n) is 3.34. The van der Waals surface area contributed by atoms with Crippen molar-refractivity contribution in [3.8, 4) is 0 Å². The largest absolute Gasteiger partial charge is 0.381 e. The normalized spacial score (nSPS) is 16.9. The molecule has 1 saturated heterocycles. The van der Waals surface area contributed by atoms with E-state index >= 15 is 0 Å². The maximum atomic E-state index is 5.90. The predicted octanol–water partition coefficient (Wildman–Crippen LogP) is 2.14. The van der Waals surface area contributed by atoms with Crippen LogP contribution in [-0.4, -0.2) is 32.9 Å². The van der Waals surface area contributed by atoms with Crippen molar-refractivity contribution in [2.24, 2.45) is 0 Å². The van der Waals surface area contributed by atoms with Crippen LogP contribution in [0.15, 0.2) is 24.3 Å². The number of ether oxygens (including phenoxy) is 2. The van der Waals surface area contributed by atoms with Crippen LogP contribution < -0.4 is 5.32 Å². The summed E-state index contributed by atoms with van der Waals surface area (Å²) in [6.45, 7) is 3.43. The Balaban J connectivity index is 1.75. The average Bonchev–Trinajstić information content (AvgIpc) is 2.45. The highest BCUT2D eigenvalue weighted by Gasteiger charge is 2.13. The second-order valence-electron chi connectivity index (χ2n) is 4.79. The van der Waals surface area contributed by atoms with Crippen molar-refractivity contribution >= 4 is 0 Å². The molecule has 0 radical (unpaired) electrons. The second kappa shape index (κ2) is 7.52. The number of rotatable bonds is 6. The van der Waals surface area contributed by atoms with Crippen LogP contribution in [0.3, 0.4) is 0 Å². The van der Waals surface area contributed by atoms with Crippen molar-refractivity contribution in [2.45, 2.75) is 32.0 Å². The van der Waals surface area contributed by atoms with Crippen molar-refractivity contribution in [3.63, 3.8) is 0 Å². The zero-order chi connectivity index (χ0) is 12.6. The molecule has 0 unspecified atom stereocenters.